The van der Waals surface area contributed by atoms with Gasteiger partial charge in [-0.05, 0) is 62.2 Å². The molecule has 0 saturated heterocycles. The van der Waals surface area contributed by atoms with Crippen molar-refractivity contribution in [3.63, 3.8) is 0 Å². The molecule has 4 aromatic rings. The zero-order chi connectivity index (χ0) is 22.0. The third-order valence-corrected chi connectivity index (χ3v) is 11.5. The summed E-state index contributed by atoms with van der Waals surface area (Å²) in [5, 5.41) is 5.56. The summed E-state index contributed by atoms with van der Waals surface area (Å²) in [5.41, 5.74) is 4.33. The van der Waals surface area contributed by atoms with Crippen LogP contribution in [-0.2, 0) is 5.41 Å². The van der Waals surface area contributed by atoms with Crippen molar-refractivity contribution in [3.05, 3.63) is 72.3 Å². The lowest BCUT2D eigenvalue weighted by molar-refractivity contribution is 0.595. The first-order valence-electron chi connectivity index (χ1n) is 11.4. The molecule has 0 fully saturated rings. The molecular formula is C29H33NS. The second kappa shape index (κ2) is 7.03. The summed E-state index contributed by atoms with van der Waals surface area (Å²) >= 11 is 0. The van der Waals surface area contributed by atoms with Crippen LogP contribution in [0.4, 0.5) is 11.4 Å². The van der Waals surface area contributed by atoms with Crippen LogP contribution in [0.25, 0.3) is 21.5 Å². The minimum Gasteiger partial charge on any atom is -0.343 e. The van der Waals surface area contributed by atoms with E-state index in [-0.39, 0.29) is 5.41 Å². The molecule has 1 heterocycles. The Morgan fingerprint density at radius 1 is 0.742 bits per heavy atom. The van der Waals surface area contributed by atoms with Gasteiger partial charge >= 0.3 is 0 Å². The standard InChI is InChI=1S/C29H33NS/c1-7-31(8-2)27-18-21-14-10-9-13-20(21)17-25(27)30(6)26-19-24(29(3,4)5)22-15-11-12-16-23(22)28(26)31/h9-19H,7-8H2,1-6H3. The lowest BCUT2D eigenvalue weighted by Crippen LogP contribution is -2.25. The third-order valence-electron chi connectivity index (χ3n) is 7.13. The molecule has 0 saturated carbocycles. The van der Waals surface area contributed by atoms with Crippen molar-refractivity contribution in [2.75, 3.05) is 23.5 Å². The summed E-state index contributed by atoms with van der Waals surface area (Å²) in [6, 6.07) is 25.4. The first-order valence-corrected chi connectivity index (χ1v) is 13.4. The molecule has 0 N–H and O–H groups in total. The maximum atomic E-state index is 2.50. The number of nitrogens with zero attached hydrogens (tertiary/aromatic N) is 1. The fourth-order valence-electron chi connectivity index (χ4n) is 5.44. The number of hydrogen-bond acceptors (Lipinski definition) is 1. The fraction of sp³-hybridized carbons (Fsp3) is 0.310. The van der Waals surface area contributed by atoms with Crippen molar-refractivity contribution >= 4 is 42.9 Å². The molecule has 4 aromatic carbocycles. The van der Waals surface area contributed by atoms with E-state index in [1.807, 2.05) is 0 Å². The Labute approximate surface area is 188 Å². The van der Waals surface area contributed by atoms with Crippen LogP contribution in [0.5, 0.6) is 0 Å². The number of fused-ring (bicyclic) bond motifs is 5. The Hall–Kier alpha value is -2.45. The molecule has 5 rings (SSSR count). The Morgan fingerprint density at radius 3 is 1.94 bits per heavy atom. The average Bonchev–Trinajstić information content (AvgIpc) is 2.78. The van der Waals surface area contributed by atoms with Crippen LogP contribution in [0, 0.1) is 0 Å². The summed E-state index contributed by atoms with van der Waals surface area (Å²) in [6.07, 6.45) is 0. The average molecular weight is 428 g/mol. The van der Waals surface area contributed by atoms with Gasteiger partial charge in [-0.15, -0.1) is 0 Å². The second-order valence-electron chi connectivity index (χ2n) is 9.75. The normalized spacial score (nSPS) is 16.3. The molecule has 0 radical (unpaired) electrons. The van der Waals surface area contributed by atoms with Gasteiger partial charge in [0, 0.05) is 16.8 Å². The number of hydrogen-bond donors (Lipinski definition) is 0. The Balaban J connectivity index is 1.96. The SMILES string of the molecule is CCS1(CC)c2cc3ccccc3cc2N(C)c2cc(C(C)(C)C)c3ccccc3c21. The first-order chi connectivity index (χ1) is 14.8. The molecule has 0 aromatic heterocycles. The van der Waals surface area contributed by atoms with E-state index in [4.69, 9.17) is 0 Å². The molecule has 0 spiro atoms. The van der Waals surface area contributed by atoms with E-state index < -0.39 is 10.0 Å². The van der Waals surface area contributed by atoms with Crippen molar-refractivity contribution in [2.24, 2.45) is 0 Å². The van der Waals surface area contributed by atoms with Crippen molar-refractivity contribution < 1.29 is 0 Å². The molecule has 31 heavy (non-hydrogen) atoms. The van der Waals surface area contributed by atoms with Crippen LogP contribution in [0.1, 0.15) is 40.2 Å². The van der Waals surface area contributed by atoms with Gasteiger partial charge in [-0.2, -0.15) is 10.0 Å². The minimum absolute atomic E-state index is 0.0928. The van der Waals surface area contributed by atoms with Crippen LogP contribution in [0.3, 0.4) is 0 Å². The highest BCUT2D eigenvalue weighted by atomic mass is 32.3. The first kappa shape index (κ1) is 20.5. The zero-order valence-corrected chi connectivity index (χ0v) is 20.4. The number of rotatable bonds is 2. The van der Waals surface area contributed by atoms with E-state index in [1.54, 1.807) is 9.79 Å². The van der Waals surface area contributed by atoms with Gasteiger partial charge in [-0.1, -0.05) is 83.1 Å². The van der Waals surface area contributed by atoms with Crippen molar-refractivity contribution in [2.45, 2.75) is 49.8 Å². The van der Waals surface area contributed by atoms with Crippen LogP contribution in [0.15, 0.2) is 76.5 Å². The van der Waals surface area contributed by atoms with Gasteiger partial charge in [0.25, 0.3) is 0 Å². The molecule has 0 bridgehead atoms. The van der Waals surface area contributed by atoms with E-state index in [9.17, 15) is 0 Å². The Bertz CT molecular complexity index is 1310. The zero-order valence-electron chi connectivity index (χ0n) is 19.6. The van der Waals surface area contributed by atoms with Gasteiger partial charge in [0.05, 0.1) is 11.4 Å². The van der Waals surface area contributed by atoms with E-state index >= 15 is 0 Å². The fourth-order valence-corrected chi connectivity index (χ4v) is 9.41. The van der Waals surface area contributed by atoms with Gasteiger partial charge in [0.1, 0.15) is 0 Å². The minimum atomic E-state index is -1.15. The van der Waals surface area contributed by atoms with E-state index in [1.165, 1.54) is 50.0 Å². The Kier molecular flexibility index (Phi) is 4.64. The van der Waals surface area contributed by atoms with E-state index in [0.717, 1.165) is 0 Å². The summed E-state index contributed by atoms with van der Waals surface area (Å²) in [6.45, 7) is 11.8. The highest BCUT2D eigenvalue weighted by Crippen LogP contribution is 2.72. The van der Waals surface area contributed by atoms with Gasteiger partial charge in [0.2, 0.25) is 0 Å². The molecule has 1 aliphatic heterocycles. The molecule has 0 aliphatic carbocycles. The van der Waals surface area contributed by atoms with Crippen molar-refractivity contribution in [3.8, 4) is 0 Å². The predicted molar refractivity (Wildman–Crippen MR) is 140 cm³/mol. The van der Waals surface area contributed by atoms with Crippen LogP contribution < -0.4 is 4.90 Å². The molecule has 0 amide bonds. The summed E-state index contributed by atoms with van der Waals surface area (Å²) in [4.78, 5) is 5.61. The van der Waals surface area contributed by atoms with E-state index in [2.05, 4.69) is 113 Å². The topological polar surface area (TPSA) is 3.24 Å². The molecule has 2 heteroatoms. The highest BCUT2D eigenvalue weighted by Gasteiger charge is 2.38. The van der Waals surface area contributed by atoms with Gasteiger partial charge in [-0.25, -0.2) is 0 Å². The van der Waals surface area contributed by atoms with E-state index in [0.29, 0.717) is 0 Å². The van der Waals surface area contributed by atoms with Crippen LogP contribution in [0.2, 0.25) is 0 Å². The van der Waals surface area contributed by atoms with Crippen LogP contribution in [-0.4, -0.2) is 18.6 Å². The van der Waals surface area contributed by atoms with Crippen molar-refractivity contribution in [1.82, 2.24) is 0 Å². The molecule has 1 nitrogen and oxygen atoms in total. The quantitative estimate of drug-likeness (QED) is 0.309. The summed E-state index contributed by atoms with van der Waals surface area (Å²) in [5.74, 6) is 2.35. The largest absolute Gasteiger partial charge is 0.343 e. The van der Waals surface area contributed by atoms with Gasteiger partial charge in [-0.3, -0.25) is 0 Å². The summed E-state index contributed by atoms with van der Waals surface area (Å²) < 4.78 is 0. The number of benzene rings is 4. The lowest BCUT2D eigenvalue weighted by atomic mass is 9.83. The van der Waals surface area contributed by atoms with Crippen LogP contribution >= 0.6 is 10.0 Å². The molecule has 160 valence electrons. The molecule has 0 atom stereocenters. The third kappa shape index (κ3) is 2.84. The Morgan fingerprint density at radius 2 is 1.32 bits per heavy atom. The number of anilines is 2. The van der Waals surface area contributed by atoms with Gasteiger partial charge in [0.15, 0.2) is 0 Å². The molecule has 0 unspecified atom stereocenters. The lowest BCUT2D eigenvalue weighted by Gasteiger charge is -2.49. The maximum absolute atomic E-state index is 2.50. The predicted octanol–water partition coefficient (Wildman–Crippen LogP) is 8.63. The molecular weight excluding hydrogens is 394 g/mol. The molecule has 1 aliphatic rings. The van der Waals surface area contributed by atoms with Crippen molar-refractivity contribution in [1.29, 1.82) is 0 Å². The maximum Gasteiger partial charge on any atom is 0.0544 e. The summed E-state index contributed by atoms with van der Waals surface area (Å²) in [7, 11) is 1.12. The monoisotopic (exact) mass is 427 g/mol. The van der Waals surface area contributed by atoms with Gasteiger partial charge < -0.3 is 4.90 Å². The highest BCUT2D eigenvalue weighted by molar-refractivity contribution is 8.34. The smallest absolute Gasteiger partial charge is 0.0544 e. The second-order valence-corrected chi connectivity index (χ2v) is 13.5.